The lowest BCUT2D eigenvalue weighted by molar-refractivity contribution is -0.189. The number of allylic oxidation sites excluding steroid dienone is 4. The predicted molar refractivity (Wildman–Crippen MR) is 144 cm³/mol. The molecule has 194 valence electrons. The fourth-order valence-electron chi connectivity index (χ4n) is 4.57. The number of nitrogens with zero attached hydrogens (tertiary/aromatic N) is 2. The third kappa shape index (κ3) is 6.39. The number of benzene rings is 2. The highest BCUT2D eigenvalue weighted by atomic mass is 35.5. The zero-order valence-corrected chi connectivity index (χ0v) is 22.1. The van der Waals surface area contributed by atoms with E-state index in [1.54, 1.807) is 24.7 Å². The minimum atomic E-state index is -1.08. The third-order valence-electron chi connectivity index (χ3n) is 6.67. The summed E-state index contributed by atoms with van der Waals surface area (Å²) in [6.45, 7) is 3.97. The van der Waals surface area contributed by atoms with E-state index >= 15 is 0 Å². The summed E-state index contributed by atoms with van der Waals surface area (Å²) < 4.78 is 26.6. The van der Waals surface area contributed by atoms with Crippen LogP contribution in [0.4, 0.5) is 0 Å². The Kier molecular flexibility index (Phi) is 8.20. The zero-order valence-electron chi connectivity index (χ0n) is 20.6. The summed E-state index contributed by atoms with van der Waals surface area (Å²) >= 11 is 12.7. The normalized spacial score (nSPS) is 23.8. The van der Waals surface area contributed by atoms with Gasteiger partial charge >= 0.3 is 0 Å². The summed E-state index contributed by atoms with van der Waals surface area (Å²) in [5.41, 5.74) is 0.713. The van der Waals surface area contributed by atoms with Gasteiger partial charge in [-0.2, -0.15) is 0 Å². The minimum Gasteiger partial charge on any atom is -0.493 e. The molecule has 2 aliphatic rings. The maximum absolute atomic E-state index is 6.55. The number of hydrogen-bond donors (Lipinski definition) is 0. The number of imidazole rings is 1. The Balaban J connectivity index is 1.17. The first-order chi connectivity index (χ1) is 18.0. The van der Waals surface area contributed by atoms with Crippen molar-refractivity contribution < 1.29 is 18.9 Å². The first-order valence-corrected chi connectivity index (χ1v) is 13.2. The lowest BCUT2D eigenvalue weighted by Gasteiger charge is -2.30. The molecule has 1 aliphatic carbocycles. The van der Waals surface area contributed by atoms with E-state index < -0.39 is 5.79 Å². The van der Waals surface area contributed by atoms with Crippen LogP contribution in [-0.2, 0) is 21.8 Å². The van der Waals surface area contributed by atoms with E-state index in [1.165, 1.54) is 0 Å². The highest BCUT2D eigenvalue weighted by Gasteiger charge is 2.45. The molecule has 1 aliphatic heterocycles. The fraction of sp³-hybridized carbons (Fsp3) is 0.345. The summed E-state index contributed by atoms with van der Waals surface area (Å²) in [7, 11) is 0. The van der Waals surface area contributed by atoms with Gasteiger partial charge in [0.25, 0.3) is 0 Å². The van der Waals surface area contributed by atoms with Crippen molar-refractivity contribution in [1.82, 2.24) is 9.55 Å². The minimum absolute atomic E-state index is 0.287. The molecule has 4 unspecified atom stereocenters. The molecule has 0 radical (unpaired) electrons. The molecule has 1 fully saturated rings. The Morgan fingerprint density at radius 1 is 1.11 bits per heavy atom. The van der Waals surface area contributed by atoms with Crippen LogP contribution < -0.4 is 9.47 Å². The number of rotatable bonds is 10. The van der Waals surface area contributed by atoms with Crippen molar-refractivity contribution in [3.8, 4) is 11.5 Å². The van der Waals surface area contributed by atoms with Crippen molar-refractivity contribution in [2.45, 2.75) is 31.8 Å². The second kappa shape index (κ2) is 11.7. The van der Waals surface area contributed by atoms with E-state index in [0.29, 0.717) is 53.8 Å². The first kappa shape index (κ1) is 25.9. The van der Waals surface area contributed by atoms with Gasteiger partial charge in [-0.1, -0.05) is 60.5 Å². The third-order valence-corrected chi connectivity index (χ3v) is 7.22. The average Bonchev–Trinajstić information content (AvgIpc) is 3.58. The summed E-state index contributed by atoms with van der Waals surface area (Å²) in [5, 5.41) is 1.03. The lowest BCUT2D eigenvalue weighted by Crippen LogP contribution is -2.34. The number of aromatic nitrogens is 2. The van der Waals surface area contributed by atoms with Gasteiger partial charge < -0.3 is 23.5 Å². The number of ether oxygens (including phenoxy) is 4. The van der Waals surface area contributed by atoms with Crippen LogP contribution in [-0.4, -0.2) is 35.5 Å². The van der Waals surface area contributed by atoms with Gasteiger partial charge in [-0.05, 0) is 54.7 Å². The van der Waals surface area contributed by atoms with Crippen molar-refractivity contribution in [3.63, 3.8) is 0 Å². The van der Waals surface area contributed by atoms with Crippen LogP contribution in [0.15, 0.2) is 85.5 Å². The Bertz CT molecular complexity index is 1230. The van der Waals surface area contributed by atoms with Crippen molar-refractivity contribution in [2.75, 3.05) is 19.8 Å². The molecule has 37 heavy (non-hydrogen) atoms. The standard InChI is InChI=1S/C29H30Cl2N2O4/c1-21(22-5-3-2-4-6-22)16-34-24-8-10-25(11-9-24)35-17-26-18-36-29(37-26,19-33-14-13-32-20-33)27-12-7-23(30)15-28(27)31/h2-5,7-15,20-22,26H,6,16-19H2,1H3. The second-order valence-electron chi connectivity index (χ2n) is 9.45. The molecule has 3 aromatic rings. The molecule has 6 nitrogen and oxygen atoms in total. The molecule has 0 N–H and O–H groups in total. The van der Waals surface area contributed by atoms with Gasteiger partial charge in [-0.3, -0.25) is 0 Å². The molecule has 0 spiro atoms. The molecule has 0 saturated carbocycles. The van der Waals surface area contributed by atoms with Gasteiger partial charge in [0.05, 0.1) is 31.1 Å². The van der Waals surface area contributed by atoms with Gasteiger partial charge in [0.1, 0.15) is 24.2 Å². The Morgan fingerprint density at radius 3 is 2.62 bits per heavy atom. The summed E-state index contributed by atoms with van der Waals surface area (Å²) in [5.74, 6) is 1.44. The predicted octanol–water partition coefficient (Wildman–Crippen LogP) is 6.68. The Morgan fingerprint density at radius 2 is 1.92 bits per heavy atom. The second-order valence-corrected chi connectivity index (χ2v) is 10.3. The van der Waals surface area contributed by atoms with Crippen molar-refractivity contribution in [1.29, 1.82) is 0 Å². The van der Waals surface area contributed by atoms with Crippen molar-refractivity contribution >= 4 is 23.2 Å². The van der Waals surface area contributed by atoms with Crippen LogP contribution in [0.25, 0.3) is 0 Å². The molecule has 8 heteroatoms. The van der Waals surface area contributed by atoms with Crippen LogP contribution in [0, 0.1) is 11.8 Å². The van der Waals surface area contributed by atoms with E-state index in [9.17, 15) is 0 Å². The van der Waals surface area contributed by atoms with E-state index in [2.05, 4.69) is 36.2 Å². The van der Waals surface area contributed by atoms with Crippen LogP contribution in [0.1, 0.15) is 18.9 Å². The SMILES string of the molecule is CC(COc1ccc(OCC2COC(Cn3ccnc3)(c3ccc(Cl)cc3Cl)O2)cc1)C1C=CC=CC1. The van der Waals surface area contributed by atoms with Crippen LogP contribution in [0.2, 0.25) is 10.0 Å². The Labute approximate surface area is 227 Å². The fourth-order valence-corrected chi connectivity index (χ4v) is 5.12. The van der Waals surface area contributed by atoms with E-state index in [4.69, 9.17) is 42.1 Å². The highest BCUT2D eigenvalue weighted by Crippen LogP contribution is 2.40. The van der Waals surface area contributed by atoms with E-state index in [0.717, 1.165) is 17.9 Å². The topological polar surface area (TPSA) is 54.7 Å². The van der Waals surface area contributed by atoms with E-state index in [-0.39, 0.29) is 6.10 Å². The summed E-state index contributed by atoms with van der Waals surface area (Å²) in [6, 6.07) is 13.0. The molecule has 4 atom stereocenters. The largest absolute Gasteiger partial charge is 0.493 e. The quantitative estimate of drug-likeness (QED) is 0.287. The smallest absolute Gasteiger partial charge is 0.215 e. The number of hydrogen-bond acceptors (Lipinski definition) is 5. The van der Waals surface area contributed by atoms with Crippen LogP contribution in [0.3, 0.4) is 0 Å². The van der Waals surface area contributed by atoms with Gasteiger partial charge in [0.2, 0.25) is 5.79 Å². The van der Waals surface area contributed by atoms with Crippen molar-refractivity contribution in [2.24, 2.45) is 11.8 Å². The molecular formula is C29H30Cl2N2O4. The first-order valence-electron chi connectivity index (χ1n) is 12.4. The monoisotopic (exact) mass is 540 g/mol. The molecule has 0 amide bonds. The summed E-state index contributed by atoms with van der Waals surface area (Å²) in [6.07, 6.45) is 14.7. The molecule has 5 rings (SSSR count). The lowest BCUT2D eigenvalue weighted by atomic mass is 9.89. The molecular weight excluding hydrogens is 511 g/mol. The maximum Gasteiger partial charge on any atom is 0.215 e. The molecule has 1 aromatic heterocycles. The molecule has 2 aromatic carbocycles. The average molecular weight is 541 g/mol. The van der Waals surface area contributed by atoms with Gasteiger partial charge in [-0.25, -0.2) is 4.98 Å². The van der Waals surface area contributed by atoms with Gasteiger partial charge in [0, 0.05) is 23.0 Å². The zero-order chi connectivity index (χ0) is 25.7. The highest BCUT2D eigenvalue weighted by molar-refractivity contribution is 6.35. The van der Waals surface area contributed by atoms with Crippen LogP contribution in [0.5, 0.6) is 11.5 Å². The number of halogens is 2. The van der Waals surface area contributed by atoms with Crippen LogP contribution >= 0.6 is 23.2 Å². The molecule has 1 saturated heterocycles. The Hall–Kier alpha value is -2.77. The van der Waals surface area contributed by atoms with Gasteiger partial charge in [0.15, 0.2) is 0 Å². The summed E-state index contributed by atoms with van der Waals surface area (Å²) in [4.78, 5) is 4.13. The molecule has 2 heterocycles. The van der Waals surface area contributed by atoms with E-state index in [1.807, 2.05) is 41.1 Å². The maximum atomic E-state index is 6.55. The van der Waals surface area contributed by atoms with Gasteiger partial charge in [-0.15, -0.1) is 0 Å². The molecule has 0 bridgehead atoms. The van der Waals surface area contributed by atoms with Crippen molar-refractivity contribution in [3.05, 3.63) is 101 Å².